The van der Waals surface area contributed by atoms with E-state index in [4.69, 9.17) is 37.4 Å². The van der Waals surface area contributed by atoms with Gasteiger partial charge < -0.3 is 18.9 Å². The van der Waals surface area contributed by atoms with E-state index in [0.29, 0.717) is 42.2 Å². The van der Waals surface area contributed by atoms with Gasteiger partial charge in [0.2, 0.25) is 10.0 Å². The molecule has 18 heteroatoms. The fraction of sp³-hybridized carbons (Fsp3) is 0.429. The van der Waals surface area contributed by atoms with Gasteiger partial charge in [-0.3, -0.25) is 29.2 Å². The number of hydrogen-bond acceptors (Lipinski definition) is 11. The Kier molecular flexibility index (Phi) is 12.5. The van der Waals surface area contributed by atoms with E-state index in [-0.39, 0.29) is 63.1 Å². The van der Waals surface area contributed by atoms with Gasteiger partial charge in [-0.2, -0.15) is 8.78 Å². The molecule has 1 unspecified atom stereocenters. The number of imide groups is 1. The van der Waals surface area contributed by atoms with E-state index in [9.17, 15) is 31.6 Å². The summed E-state index contributed by atoms with van der Waals surface area (Å²) in [4.78, 5) is 46.8. The van der Waals surface area contributed by atoms with Crippen LogP contribution in [0, 0.1) is 5.92 Å². The number of alkyl halides is 2. The zero-order chi connectivity index (χ0) is 37.7. The van der Waals surface area contributed by atoms with Crippen LogP contribution in [0.15, 0.2) is 53.7 Å². The number of nitrogens with zero attached hydrogens (tertiary/aromatic N) is 3. The van der Waals surface area contributed by atoms with Gasteiger partial charge in [-0.15, -0.1) is 0 Å². The fourth-order valence-electron chi connectivity index (χ4n) is 5.89. The third-order valence-electron chi connectivity index (χ3n) is 8.93. The van der Waals surface area contributed by atoms with Gasteiger partial charge in [-0.1, -0.05) is 29.3 Å². The molecular weight excluding hydrogens is 761 g/mol. The zero-order valence-electron chi connectivity index (χ0n) is 28.3. The van der Waals surface area contributed by atoms with Crippen LogP contribution in [0.2, 0.25) is 10.0 Å². The Labute approximate surface area is 314 Å². The van der Waals surface area contributed by atoms with Gasteiger partial charge in [0.05, 0.1) is 45.9 Å². The zero-order valence-corrected chi connectivity index (χ0v) is 30.6. The predicted molar refractivity (Wildman–Crippen MR) is 187 cm³/mol. The number of aromatic nitrogens is 1. The molecular formula is C35H36Cl2F2N4O9S. The minimum atomic E-state index is -4.02. The van der Waals surface area contributed by atoms with Crippen LogP contribution < -0.4 is 14.2 Å². The van der Waals surface area contributed by atoms with Gasteiger partial charge in [-0.05, 0) is 73.2 Å². The van der Waals surface area contributed by atoms with Crippen LogP contribution >= 0.6 is 23.2 Å². The smallest absolute Gasteiger partial charge is 0.387 e. The Bertz CT molecular complexity index is 1940. The molecule has 2 aliphatic heterocycles. The number of carbonyl (C=O) groups is 3. The van der Waals surface area contributed by atoms with Crippen molar-refractivity contribution in [1.29, 1.82) is 0 Å². The molecule has 0 radical (unpaired) electrons. The van der Waals surface area contributed by atoms with Crippen LogP contribution in [-0.4, -0.2) is 100 Å². The molecule has 1 saturated heterocycles. The number of pyridine rings is 1. The van der Waals surface area contributed by atoms with Crippen LogP contribution in [0.25, 0.3) is 0 Å². The molecule has 53 heavy (non-hydrogen) atoms. The van der Waals surface area contributed by atoms with Crippen LogP contribution in [0.3, 0.4) is 0 Å². The first kappa shape index (κ1) is 38.8. The van der Waals surface area contributed by atoms with Crippen molar-refractivity contribution in [3.05, 3.63) is 81.1 Å². The maximum absolute atomic E-state index is 13.5. The van der Waals surface area contributed by atoms with Gasteiger partial charge in [-0.25, -0.2) is 13.1 Å². The summed E-state index contributed by atoms with van der Waals surface area (Å²) in [5, 5.41) is 0.332. The molecule has 2 fully saturated rings. The van der Waals surface area contributed by atoms with E-state index < -0.39 is 47.1 Å². The van der Waals surface area contributed by atoms with Crippen molar-refractivity contribution in [3.8, 4) is 11.5 Å². The lowest BCUT2D eigenvalue weighted by atomic mass is 10.0. The van der Waals surface area contributed by atoms with Gasteiger partial charge in [0.1, 0.15) is 12.6 Å². The Morgan fingerprint density at radius 2 is 1.72 bits per heavy atom. The van der Waals surface area contributed by atoms with Crippen LogP contribution in [0.5, 0.6) is 11.5 Å². The van der Waals surface area contributed by atoms with Crippen molar-refractivity contribution in [1.82, 2.24) is 19.5 Å². The maximum Gasteiger partial charge on any atom is 0.387 e. The highest BCUT2D eigenvalue weighted by Crippen LogP contribution is 2.38. The number of morpholine rings is 1. The van der Waals surface area contributed by atoms with Crippen molar-refractivity contribution in [2.75, 3.05) is 52.5 Å². The van der Waals surface area contributed by atoms with Crippen molar-refractivity contribution in [3.63, 3.8) is 0 Å². The Morgan fingerprint density at radius 1 is 1.00 bits per heavy atom. The fourth-order valence-corrected chi connectivity index (χ4v) is 7.51. The first-order valence-corrected chi connectivity index (χ1v) is 19.1. The van der Waals surface area contributed by atoms with Crippen molar-refractivity contribution >= 4 is 51.0 Å². The van der Waals surface area contributed by atoms with Crippen molar-refractivity contribution in [2.45, 2.75) is 43.3 Å². The molecule has 3 aromatic rings. The monoisotopic (exact) mass is 796 g/mol. The lowest BCUT2D eigenvalue weighted by Crippen LogP contribution is -2.38. The van der Waals surface area contributed by atoms with Gasteiger partial charge in [0, 0.05) is 38.4 Å². The minimum absolute atomic E-state index is 0.000340. The minimum Gasteiger partial charge on any atom is -0.489 e. The Balaban J connectivity index is 1.17. The molecule has 3 heterocycles. The summed E-state index contributed by atoms with van der Waals surface area (Å²) in [6, 6.07) is 7.62. The lowest BCUT2D eigenvalue weighted by Gasteiger charge is -2.26. The second-order valence-corrected chi connectivity index (χ2v) is 15.3. The number of halogens is 4. The van der Waals surface area contributed by atoms with E-state index in [1.807, 2.05) is 0 Å². The second-order valence-electron chi connectivity index (χ2n) is 12.7. The van der Waals surface area contributed by atoms with E-state index >= 15 is 0 Å². The Hall–Kier alpha value is -3.93. The molecule has 1 aromatic heterocycles. The average molecular weight is 798 g/mol. The topological polar surface area (TPSA) is 154 Å². The molecule has 1 saturated carbocycles. The van der Waals surface area contributed by atoms with Gasteiger partial charge in [0.15, 0.2) is 11.5 Å². The quantitative estimate of drug-likeness (QED) is 0.113. The summed E-state index contributed by atoms with van der Waals surface area (Å²) >= 11 is 12.8. The molecule has 284 valence electrons. The number of carbonyl (C=O) groups excluding carboxylic acids is 3. The van der Waals surface area contributed by atoms with Crippen LogP contribution in [0.4, 0.5) is 8.78 Å². The molecule has 2 amide bonds. The third-order valence-corrected chi connectivity index (χ3v) is 11.0. The molecule has 0 spiro atoms. The first-order chi connectivity index (χ1) is 25.4. The number of hydrogen-bond donors (Lipinski definition) is 1. The predicted octanol–water partition coefficient (Wildman–Crippen LogP) is 4.90. The normalized spacial score (nSPS) is 16.9. The van der Waals surface area contributed by atoms with E-state index in [2.05, 4.69) is 19.3 Å². The molecule has 2 aromatic carbocycles. The maximum atomic E-state index is 13.5. The molecule has 6 rings (SSSR count). The van der Waals surface area contributed by atoms with E-state index in [1.54, 1.807) is 0 Å². The number of sulfonamides is 1. The standard InChI is InChI=1S/C35H36Cl2F2N4O9S/c36-27-17-40-18-28(37)26(27)16-30(22-4-7-29(52-35(38)39)31(14-22)50-20-21-2-3-21)51-32(44)19-43-33(45)24-6-5-23(15-25(24)34(43)46)53(47,48)41-8-1-9-42-10-12-49-13-11-42/h4-7,14-15,17-18,21,30,35,41H,1-3,8-13,16,19-20H2. The first-order valence-electron chi connectivity index (χ1n) is 16.9. The van der Waals surface area contributed by atoms with Crippen molar-refractivity contribution < 1.29 is 50.5 Å². The number of ether oxygens (including phenoxy) is 4. The van der Waals surface area contributed by atoms with Crippen LogP contribution in [-0.2, 0) is 30.7 Å². The molecule has 3 aliphatic rings. The molecule has 13 nitrogen and oxygen atoms in total. The summed E-state index contributed by atoms with van der Waals surface area (Å²) in [7, 11) is -4.02. The second kappa shape index (κ2) is 17.0. The summed E-state index contributed by atoms with van der Waals surface area (Å²) in [6.45, 7) is -0.0232. The summed E-state index contributed by atoms with van der Waals surface area (Å²) < 4.78 is 76.6. The lowest BCUT2D eigenvalue weighted by molar-refractivity contribution is -0.149. The molecule has 1 N–H and O–H groups in total. The Morgan fingerprint density at radius 3 is 2.42 bits per heavy atom. The SMILES string of the molecule is O=C(CN1C(=O)c2ccc(S(=O)(=O)NCCCN3CCOCC3)cc2C1=O)OC(Cc1c(Cl)cncc1Cl)c1ccc(OC(F)F)c(OCC2CC2)c1. The highest BCUT2D eigenvalue weighted by Gasteiger charge is 2.38. The summed E-state index contributed by atoms with van der Waals surface area (Å²) in [5.41, 5.74) is 0.397. The highest BCUT2D eigenvalue weighted by atomic mass is 35.5. The summed E-state index contributed by atoms with van der Waals surface area (Å²) in [5.74, 6) is -2.64. The van der Waals surface area contributed by atoms with E-state index in [1.165, 1.54) is 42.7 Å². The van der Waals surface area contributed by atoms with Gasteiger partial charge in [0.25, 0.3) is 11.8 Å². The molecule has 0 bridgehead atoms. The number of amides is 2. The van der Waals surface area contributed by atoms with Crippen molar-refractivity contribution in [2.24, 2.45) is 5.92 Å². The number of esters is 1. The highest BCUT2D eigenvalue weighted by molar-refractivity contribution is 7.89. The molecule has 1 aliphatic carbocycles. The van der Waals surface area contributed by atoms with Gasteiger partial charge >= 0.3 is 12.6 Å². The summed E-state index contributed by atoms with van der Waals surface area (Å²) in [6.07, 6.45) is 3.85. The molecule has 1 atom stereocenters. The third kappa shape index (κ3) is 9.79. The van der Waals surface area contributed by atoms with Crippen LogP contribution in [0.1, 0.15) is 57.2 Å². The number of nitrogens with one attached hydrogen (secondary N) is 1. The number of fused-ring (bicyclic) bond motifs is 1. The largest absolute Gasteiger partial charge is 0.489 e. The van der Waals surface area contributed by atoms with E-state index in [0.717, 1.165) is 32.0 Å². The number of benzene rings is 2. The number of rotatable bonds is 17. The average Bonchev–Trinajstić information content (AvgIpc) is 3.94.